The number of benzene rings is 2. The van der Waals surface area contributed by atoms with Gasteiger partial charge >= 0.3 is 0 Å². The molecule has 1 aliphatic heterocycles. The zero-order valence-electron chi connectivity index (χ0n) is 17.7. The van der Waals surface area contributed by atoms with Crippen LogP contribution in [-0.2, 0) is 17.8 Å². The molecule has 4 nitrogen and oxygen atoms in total. The summed E-state index contributed by atoms with van der Waals surface area (Å²) in [5.74, 6) is -0.470. The number of rotatable bonds is 7. The number of aromatic nitrogens is 1. The second-order valence-electron chi connectivity index (χ2n) is 7.66. The number of imide groups is 1. The number of amides is 2. The monoisotopic (exact) mass is 436 g/mol. The third kappa shape index (κ3) is 4.17. The number of unbranched alkanes of at least 4 members (excludes halogenated alkanes) is 1. The highest BCUT2D eigenvalue weighted by Crippen LogP contribution is 2.35. The lowest BCUT2D eigenvalue weighted by molar-refractivity contribution is -0.122. The number of hydrogen-bond acceptors (Lipinski definition) is 3. The molecule has 0 unspecified atom stereocenters. The average Bonchev–Trinajstić information content (AvgIpc) is 3.25. The van der Waals surface area contributed by atoms with E-state index in [0.29, 0.717) is 23.6 Å². The number of aryl methyl sites for hydroxylation is 1. The van der Waals surface area contributed by atoms with Crippen molar-refractivity contribution in [3.8, 4) is 0 Å². The van der Waals surface area contributed by atoms with Gasteiger partial charge in [-0.3, -0.25) is 14.5 Å². The molecule has 3 aromatic rings. The van der Waals surface area contributed by atoms with Crippen molar-refractivity contribution in [2.75, 3.05) is 6.54 Å². The predicted molar refractivity (Wildman–Crippen MR) is 124 cm³/mol. The van der Waals surface area contributed by atoms with Gasteiger partial charge in [0.25, 0.3) is 11.1 Å². The highest BCUT2D eigenvalue weighted by atomic mass is 32.2. The molecule has 0 N–H and O–H groups in total. The van der Waals surface area contributed by atoms with Gasteiger partial charge < -0.3 is 4.57 Å². The van der Waals surface area contributed by atoms with Crippen LogP contribution in [0.4, 0.5) is 9.18 Å². The van der Waals surface area contributed by atoms with Crippen molar-refractivity contribution in [1.29, 1.82) is 0 Å². The Hall–Kier alpha value is -2.86. The van der Waals surface area contributed by atoms with Gasteiger partial charge in [-0.1, -0.05) is 56.7 Å². The van der Waals surface area contributed by atoms with Crippen LogP contribution < -0.4 is 0 Å². The Morgan fingerprint density at radius 3 is 2.55 bits per heavy atom. The lowest BCUT2D eigenvalue weighted by Crippen LogP contribution is -2.29. The van der Waals surface area contributed by atoms with Crippen LogP contribution in [0, 0.1) is 5.82 Å². The maximum Gasteiger partial charge on any atom is 0.293 e. The van der Waals surface area contributed by atoms with Crippen molar-refractivity contribution in [3.63, 3.8) is 0 Å². The number of hydrogen-bond donors (Lipinski definition) is 0. The third-order valence-corrected chi connectivity index (χ3v) is 6.50. The Kier molecular flexibility index (Phi) is 6.28. The number of nitrogens with zero attached hydrogens (tertiary/aromatic N) is 2. The molecular formula is C25H25FN2O2S. The van der Waals surface area contributed by atoms with Crippen molar-refractivity contribution in [1.82, 2.24) is 9.47 Å². The molecule has 0 atom stereocenters. The summed E-state index contributed by atoms with van der Waals surface area (Å²) in [6.07, 6.45) is 6.32. The van der Waals surface area contributed by atoms with Gasteiger partial charge in [0.1, 0.15) is 5.82 Å². The molecule has 0 saturated carbocycles. The minimum atomic E-state index is -0.239. The largest absolute Gasteiger partial charge is 0.342 e. The van der Waals surface area contributed by atoms with Gasteiger partial charge in [0, 0.05) is 29.3 Å². The second-order valence-corrected chi connectivity index (χ2v) is 8.65. The van der Waals surface area contributed by atoms with E-state index in [4.69, 9.17) is 0 Å². The van der Waals surface area contributed by atoms with E-state index in [9.17, 15) is 14.0 Å². The Morgan fingerprint density at radius 1 is 1.03 bits per heavy atom. The number of halogens is 1. The van der Waals surface area contributed by atoms with Crippen molar-refractivity contribution in [2.45, 2.75) is 39.7 Å². The minimum absolute atomic E-state index is 0.214. The lowest BCUT2D eigenvalue weighted by Gasteiger charge is -2.10. The van der Waals surface area contributed by atoms with Crippen molar-refractivity contribution in [3.05, 3.63) is 76.1 Å². The third-order valence-electron chi connectivity index (χ3n) is 5.59. The maximum absolute atomic E-state index is 14.3. The first-order valence-electron chi connectivity index (χ1n) is 10.6. The minimum Gasteiger partial charge on any atom is -0.342 e. The summed E-state index contributed by atoms with van der Waals surface area (Å²) in [5, 5.41) is 0.782. The molecule has 6 heteroatoms. The summed E-state index contributed by atoms with van der Waals surface area (Å²) in [5.41, 5.74) is 3.66. The first kappa shape index (κ1) is 21.4. The highest BCUT2D eigenvalue weighted by Gasteiger charge is 2.34. The summed E-state index contributed by atoms with van der Waals surface area (Å²) < 4.78 is 16.4. The smallest absolute Gasteiger partial charge is 0.293 e. The molecule has 0 radical (unpaired) electrons. The van der Waals surface area contributed by atoms with E-state index in [1.807, 2.05) is 35.9 Å². The van der Waals surface area contributed by atoms with E-state index >= 15 is 0 Å². The highest BCUT2D eigenvalue weighted by molar-refractivity contribution is 8.18. The van der Waals surface area contributed by atoms with E-state index in [1.54, 1.807) is 18.2 Å². The van der Waals surface area contributed by atoms with E-state index < -0.39 is 0 Å². The molecule has 0 spiro atoms. The van der Waals surface area contributed by atoms with E-state index in [2.05, 4.69) is 13.0 Å². The molecule has 0 aliphatic carbocycles. The van der Waals surface area contributed by atoms with Crippen molar-refractivity contribution < 1.29 is 14.0 Å². The molecule has 2 heterocycles. The first-order chi connectivity index (χ1) is 15.0. The predicted octanol–water partition coefficient (Wildman–Crippen LogP) is 6.23. The maximum atomic E-state index is 14.3. The fraction of sp³-hybridized carbons (Fsp3) is 0.280. The number of thioether (sulfide) groups is 1. The Morgan fingerprint density at radius 2 is 1.81 bits per heavy atom. The number of fused-ring (bicyclic) bond motifs is 1. The normalized spacial score (nSPS) is 15.6. The molecule has 2 aromatic carbocycles. The van der Waals surface area contributed by atoms with Crippen molar-refractivity contribution in [2.24, 2.45) is 0 Å². The SMILES string of the molecule is CCCCN1C(=O)S/C(=C\c2cn(Cc3ccccc3F)c3c(CC)cccc23)C1=O. The zero-order valence-corrected chi connectivity index (χ0v) is 18.5. The summed E-state index contributed by atoms with van der Waals surface area (Å²) in [4.78, 5) is 26.9. The number of carbonyl (C=O) groups is 2. The standard InChI is InChI=1S/C25H25FN2O2S/c1-3-5-13-28-24(29)22(31-25(28)30)14-19-16-27(15-18-9-6-7-12-21(18)26)23-17(4-2)10-8-11-20(19)23/h6-12,14,16H,3-5,13,15H2,1-2H3/b22-14-. The average molecular weight is 437 g/mol. The number of carbonyl (C=O) groups excluding carboxylic acids is 2. The van der Waals surface area contributed by atoms with Crippen LogP contribution in [0.5, 0.6) is 0 Å². The molecule has 4 rings (SSSR count). The summed E-state index contributed by atoms with van der Waals surface area (Å²) >= 11 is 0.991. The van der Waals surface area contributed by atoms with Crippen LogP contribution in [0.15, 0.2) is 53.6 Å². The van der Waals surface area contributed by atoms with Crippen LogP contribution >= 0.6 is 11.8 Å². The van der Waals surface area contributed by atoms with Gasteiger partial charge in [-0.15, -0.1) is 0 Å². The Bertz CT molecular complexity index is 1180. The van der Waals surface area contributed by atoms with Crippen LogP contribution in [0.25, 0.3) is 17.0 Å². The number of para-hydroxylation sites is 1. The van der Waals surface area contributed by atoms with Gasteiger partial charge in [-0.2, -0.15) is 0 Å². The van der Waals surface area contributed by atoms with Crippen molar-refractivity contribution >= 4 is 39.9 Å². The summed E-state index contributed by atoms with van der Waals surface area (Å²) in [6, 6.07) is 12.9. The topological polar surface area (TPSA) is 42.3 Å². The lowest BCUT2D eigenvalue weighted by atomic mass is 10.1. The molecule has 1 aliphatic rings. The molecule has 1 saturated heterocycles. The molecule has 1 aromatic heterocycles. The fourth-order valence-corrected chi connectivity index (χ4v) is 4.81. The zero-order chi connectivity index (χ0) is 22.0. The molecular weight excluding hydrogens is 411 g/mol. The Labute approximate surface area is 185 Å². The van der Waals surface area contributed by atoms with E-state index in [1.165, 1.54) is 11.0 Å². The molecule has 2 amide bonds. The molecule has 31 heavy (non-hydrogen) atoms. The van der Waals surface area contributed by atoms with Gasteiger partial charge in [0.15, 0.2) is 0 Å². The quantitative estimate of drug-likeness (QED) is 0.413. The van der Waals surface area contributed by atoms with Gasteiger partial charge in [0.05, 0.1) is 17.0 Å². The van der Waals surface area contributed by atoms with E-state index in [-0.39, 0.29) is 17.0 Å². The van der Waals surface area contributed by atoms with Gasteiger partial charge in [0.2, 0.25) is 0 Å². The van der Waals surface area contributed by atoms with E-state index in [0.717, 1.165) is 53.1 Å². The summed E-state index contributed by atoms with van der Waals surface area (Å²) in [7, 11) is 0. The van der Waals surface area contributed by atoms with Crippen LogP contribution in [0.2, 0.25) is 0 Å². The van der Waals surface area contributed by atoms with Gasteiger partial charge in [-0.05, 0) is 42.3 Å². The fourth-order valence-electron chi connectivity index (χ4n) is 3.95. The second kappa shape index (κ2) is 9.10. The molecule has 160 valence electrons. The molecule has 1 fully saturated rings. The first-order valence-corrected chi connectivity index (χ1v) is 11.4. The van der Waals surface area contributed by atoms with Crippen LogP contribution in [-0.4, -0.2) is 27.2 Å². The Balaban J connectivity index is 1.77. The van der Waals surface area contributed by atoms with Crippen LogP contribution in [0.1, 0.15) is 43.4 Å². The summed E-state index contributed by atoms with van der Waals surface area (Å²) in [6.45, 7) is 4.97. The molecule has 0 bridgehead atoms. The van der Waals surface area contributed by atoms with Gasteiger partial charge in [-0.25, -0.2) is 4.39 Å². The van der Waals surface area contributed by atoms with Crippen LogP contribution in [0.3, 0.4) is 0 Å².